The highest BCUT2D eigenvalue weighted by Crippen LogP contribution is 2.28. The quantitative estimate of drug-likeness (QED) is 0.784. The van der Waals surface area contributed by atoms with E-state index in [0.717, 1.165) is 25.8 Å². The lowest BCUT2D eigenvalue weighted by Crippen LogP contribution is -2.44. The Morgan fingerprint density at radius 2 is 1.95 bits per heavy atom. The van der Waals surface area contributed by atoms with Crippen molar-refractivity contribution in [2.24, 2.45) is 11.8 Å². The number of piperidine rings is 1. The lowest BCUT2D eigenvalue weighted by Gasteiger charge is -2.34. The zero-order valence-electron chi connectivity index (χ0n) is 13.4. The molecule has 0 unspecified atom stereocenters. The summed E-state index contributed by atoms with van der Waals surface area (Å²) in [5.41, 5.74) is 0.509. The van der Waals surface area contributed by atoms with E-state index in [-0.39, 0.29) is 12.5 Å². The number of benzene rings is 1. The summed E-state index contributed by atoms with van der Waals surface area (Å²) < 4.78 is 10.8. The highest BCUT2D eigenvalue weighted by atomic mass is 16.5. The van der Waals surface area contributed by atoms with Gasteiger partial charge in [0, 0.05) is 18.7 Å². The smallest absolute Gasteiger partial charge is 0.260 e. The third-order valence-corrected chi connectivity index (χ3v) is 3.90. The van der Waals surface area contributed by atoms with Gasteiger partial charge in [0.15, 0.2) is 18.1 Å². The number of amides is 1. The first-order valence-electron chi connectivity index (χ1n) is 7.57. The second-order valence-electron chi connectivity index (χ2n) is 6.06. The summed E-state index contributed by atoms with van der Waals surface area (Å²) in [6.45, 7) is 5.88. The Labute approximate surface area is 131 Å². The van der Waals surface area contributed by atoms with Gasteiger partial charge in [-0.3, -0.25) is 9.59 Å². The number of rotatable bonds is 5. The SMILES string of the molecule is COc1cc(C=O)ccc1OCC(=O)N1C[C@H](C)C[C@@H](C)C1. The summed E-state index contributed by atoms with van der Waals surface area (Å²) in [5, 5.41) is 0. The molecule has 1 heterocycles. The maximum atomic E-state index is 12.3. The van der Waals surface area contributed by atoms with Crippen LogP contribution >= 0.6 is 0 Å². The van der Waals surface area contributed by atoms with Crippen LogP contribution in [-0.2, 0) is 4.79 Å². The number of ether oxygens (including phenoxy) is 2. The van der Waals surface area contributed by atoms with Crippen LogP contribution in [0.4, 0.5) is 0 Å². The van der Waals surface area contributed by atoms with Gasteiger partial charge in [-0.05, 0) is 36.5 Å². The van der Waals surface area contributed by atoms with Gasteiger partial charge < -0.3 is 14.4 Å². The largest absolute Gasteiger partial charge is 0.493 e. The van der Waals surface area contributed by atoms with Gasteiger partial charge in [-0.1, -0.05) is 13.8 Å². The predicted molar refractivity (Wildman–Crippen MR) is 83.4 cm³/mol. The number of hydrogen-bond acceptors (Lipinski definition) is 4. The maximum absolute atomic E-state index is 12.3. The van der Waals surface area contributed by atoms with Crippen LogP contribution < -0.4 is 9.47 Å². The molecule has 1 aromatic carbocycles. The molecule has 2 atom stereocenters. The van der Waals surface area contributed by atoms with Gasteiger partial charge in [0.1, 0.15) is 6.29 Å². The number of carbonyl (C=O) groups excluding carboxylic acids is 2. The molecule has 5 heteroatoms. The van der Waals surface area contributed by atoms with Crippen LogP contribution in [0.5, 0.6) is 11.5 Å². The Hall–Kier alpha value is -2.04. The van der Waals surface area contributed by atoms with Crippen molar-refractivity contribution in [2.75, 3.05) is 26.8 Å². The van der Waals surface area contributed by atoms with Gasteiger partial charge in [0.05, 0.1) is 7.11 Å². The number of nitrogens with zero attached hydrogens (tertiary/aromatic N) is 1. The molecule has 0 radical (unpaired) electrons. The third kappa shape index (κ3) is 4.00. The second-order valence-corrected chi connectivity index (χ2v) is 6.06. The first kappa shape index (κ1) is 16.3. The minimum atomic E-state index is -0.0176. The molecule has 22 heavy (non-hydrogen) atoms. The average molecular weight is 305 g/mol. The molecular formula is C17H23NO4. The topological polar surface area (TPSA) is 55.8 Å². The van der Waals surface area contributed by atoms with Crippen molar-refractivity contribution in [3.8, 4) is 11.5 Å². The van der Waals surface area contributed by atoms with Crippen molar-refractivity contribution in [3.05, 3.63) is 23.8 Å². The number of carbonyl (C=O) groups is 2. The van der Waals surface area contributed by atoms with Crippen molar-refractivity contribution in [3.63, 3.8) is 0 Å². The molecule has 120 valence electrons. The van der Waals surface area contributed by atoms with E-state index in [0.29, 0.717) is 28.9 Å². The van der Waals surface area contributed by atoms with E-state index < -0.39 is 0 Å². The van der Waals surface area contributed by atoms with Crippen molar-refractivity contribution in [2.45, 2.75) is 20.3 Å². The summed E-state index contributed by atoms with van der Waals surface area (Å²) in [6, 6.07) is 4.88. The Balaban J connectivity index is 1.97. The summed E-state index contributed by atoms with van der Waals surface area (Å²) >= 11 is 0. The molecule has 0 N–H and O–H groups in total. The van der Waals surface area contributed by atoms with Gasteiger partial charge >= 0.3 is 0 Å². The molecule has 2 rings (SSSR count). The molecule has 0 aliphatic carbocycles. The molecule has 1 saturated heterocycles. The van der Waals surface area contributed by atoms with Crippen molar-refractivity contribution >= 4 is 12.2 Å². The lowest BCUT2D eigenvalue weighted by molar-refractivity contribution is -0.136. The van der Waals surface area contributed by atoms with E-state index in [1.807, 2.05) is 4.90 Å². The molecule has 0 aromatic heterocycles. The molecular weight excluding hydrogens is 282 g/mol. The molecule has 1 fully saturated rings. The molecule has 1 aliphatic heterocycles. The van der Waals surface area contributed by atoms with Crippen LogP contribution in [0, 0.1) is 11.8 Å². The zero-order valence-corrected chi connectivity index (χ0v) is 13.4. The standard InChI is InChI=1S/C17H23NO4/c1-12-6-13(2)9-18(8-12)17(20)11-22-15-5-4-14(10-19)7-16(15)21-3/h4-5,7,10,12-13H,6,8-9,11H2,1-3H3/t12-,13-/m1/s1. The van der Waals surface area contributed by atoms with Crippen LogP contribution in [0.2, 0.25) is 0 Å². The Bertz CT molecular complexity index is 533. The van der Waals surface area contributed by atoms with Gasteiger partial charge in [-0.25, -0.2) is 0 Å². The van der Waals surface area contributed by atoms with Crippen molar-refractivity contribution in [1.29, 1.82) is 0 Å². The minimum Gasteiger partial charge on any atom is -0.493 e. The van der Waals surface area contributed by atoms with Crippen molar-refractivity contribution < 1.29 is 19.1 Å². The number of likely N-dealkylation sites (tertiary alicyclic amines) is 1. The molecule has 5 nitrogen and oxygen atoms in total. The highest BCUT2D eigenvalue weighted by molar-refractivity contribution is 5.78. The van der Waals surface area contributed by atoms with E-state index in [2.05, 4.69) is 13.8 Å². The molecule has 0 saturated carbocycles. The third-order valence-electron chi connectivity index (χ3n) is 3.90. The summed E-state index contributed by atoms with van der Waals surface area (Å²) in [5.74, 6) is 1.96. The summed E-state index contributed by atoms with van der Waals surface area (Å²) in [6.07, 6.45) is 1.90. The Morgan fingerprint density at radius 1 is 1.27 bits per heavy atom. The van der Waals surface area contributed by atoms with E-state index in [1.54, 1.807) is 18.2 Å². The van der Waals surface area contributed by atoms with Crippen LogP contribution in [0.25, 0.3) is 0 Å². The van der Waals surface area contributed by atoms with E-state index in [4.69, 9.17) is 9.47 Å². The second kappa shape index (κ2) is 7.29. The van der Waals surface area contributed by atoms with Gasteiger partial charge in [0.2, 0.25) is 0 Å². The fourth-order valence-corrected chi connectivity index (χ4v) is 2.97. The van der Waals surface area contributed by atoms with Gasteiger partial charge in [0.25, 0.3) is 5.91 Å². The first-order valence-corrected chi connectivity index (χ1v) is 7.57. The summed E-state index contributed by atoms with van der Waals surface area (Å²) in [4.78, 5) is 24.9. The highest BCUT2D eigenvalue weighted by Gasteiger charge is 2.25. The molecule has 0 bridgehead atoms. The van der Waals surface area contributed by atoms with E-state index in [1.165, 1.54) is 7.11 Å². The first-order chi connectivity index (χ1) is 10.5. The van der Waals surface area contributed by atoms with Crippen LogP contribution in [-0.4, -0.2) is 43.9 Å². The van der Waals surface area contributed by atoms with Crippen LogP contribution in [0.3, 0.4) is 0 Å². The lowest BCUT2D eigenvalue weighted by atomic mass is 9.92. The maximum Gasteiger partial charge on any atom is 0.260 e. The molecule has 0 spiro atoms. The van der Waals surface area contributed by atoms with Crippen LogP contribution in [0.1, 0.15) is 30.6 Å². The van der Waals surface area contributed by atoms with E-state index in [9.17, 15) is 9.59 Å². The number of methoxy groups -OCH3 is 1. The molecule has 1 aromatic rings. The summed E-state index contributed by atoms with van der Waals surface area (Å²) in [7, 11) is 1.51. The zero-order chi connectivity index (χ0) is 16.1. The Morgan fingerprint density at radius 3 is 2.55 bits per heavy atom. The minimum absolute atomic E-state index is 0.0140. The fourth-order valence-electron chi connectivity index (χ4n) is 2.97. The predicted octanol–water partition coefficient (Wildman–Crippen LogP) is 2.39. The Kier molecular flexibility index (Phi) is 5.41. The molecule has 1 amide bonds. The monoisotopic (exact) mass is 305 g/mol. The number of hydrogen-bond donors (Lipinski definition) is 0. The number of aldehydes is 1. The average Bonchev–Trinajstić information content (AvgIpc) is 2.51. The van der Waals surface area contributed by atoms with Gasteiger partial charge in [-0.15, -0.1) is 0 Å². The normalized spacial score (nSPS) is 21.3. The molecule has 1 aliphatic rings. The van der Waals surface area contributed by atoms with Crippen LogP contribution in [0.15, 0.2) is 18.2 Å². The van der Waals surface area contributed by atoms with E-state index >= 15 is 0 Å². The fraction of sp³-hybridized carbons (Fsp3) is 0.529. The van der Waals surface area contributed by atoms with Gasteiger partial charge in [-0.2, -0.15) is 0 Å². The van der Waals surface area contributed by atoms with Crippen molar-refractivity contribution in [1.82, 2.24) is 4.90 Å².